The highest BCUT2D eigenvalue weighted by atomic mass is 16.4. The van der Waals surface area contributed by atoms with Gasteiger partial charge in [0.05, 0.1) is 6.10 Å². The van der Waals surface area contributed by atoms with Gasteiger partial charge in [-0.3, -0.25) is 0 Å². The van der Waals surface area contributed by atoms with Crippen LogP contribution in [0, 0.1) is 5.92 Å². The number of carboxylic acid groups (broad SMARTS) is 1. The second-order valence-corrected chi connectivity index (χ2v) is 4.60. The quantitative estimate of drug-likeness (QED) is 0.613. The number of hydrogen-bond donors (Lipinski definition) is 3. The van der Waals surface area contributed by atoms with Gasteiger partial charge in [0.1, 0.15) is 0 Å². The van der Waals surface area contributed by atoms with Crippen LogP contribution >= 0.6 is 0 Å². The molecule has 0 aliphatic carbocycles. The normalized spacial score (nSPS) is 14.9. The molecule has 0 heterocycles. The van der Waals surface area contributed by atoms with Gasteiger partial charge in [0, 0.05) is 19.1 Å². The van der Waals surface area contributed by atoms with Gasteiger partial charge in [-0.1, -0.05) is 27.2 Å². The summed E-state index contributed by atoms with van der Waals surface area (Å²) < 4.78 is 0. The molecule has 0 rings (SSSR count). The highest BCUT2D eigenvalue weighted by Gasteiger charge is 2.21. The van der Waals surface area contributed by atoms with Crippen molar-refractivity contribution in [3.05, 3.63) is 0 Å². The Kier molecular flexibility index (Phi) is 7.08. The second-order valence-electron chi connectivity index (χ2n) is 4.60. The van der Waals surface area contributed by atoms with E-state index in [1.54, 1.807) is 0 Å². The summed E-state index contributed by atoms with van der Waals surface area (Å²) in [5.74, 6) is 0.256. The lowest BCUT2D eigenvalue weighted by molar-refractivity contribution is 0.0969. The molecule has 0 radical (unpaired) electrons. The van der Waals surface area contributed by atoms with E-state index in [9.17, 15) is 9.90 Å². The molecule has 0 aromatic heterocycles. The zero-order valence-corrected chi connectivity index (χ0v) is 10.4. The van der Waals surface area contributed by atoms with Gasteiger partial charge in [-0.25, -0.2) is 4.79 Å². The first-order valence-corrected chi connectivity index (χ1v) is 5.80. The van der Waals surface area contributed by atoms with Crippen LogP contribution in [0.25, 0.3) is 0 Å². The van der Waals surface area contributed by atoms with Crippen LogP contribution in [-0.2, 0) is 0 Å². The van der Waals surface area contributed by atoms with Crippen molar-refractivity contribution >= 4 is 6.09 Å². The summed E-state index contributed by atoms with van der Waals surface area (Å²) in [7, 11) is 0. The SMILES string of the molecule is CCC[C@H](O)[C@@H](N)CN(CC(C)C)C(=O)O. The minimum Gasteiger partial charge on any atom is -0.465 e. The molecule has 0 fully saturated rings. The maximum absolute atomic E-state index is 10.9. The predicted octanol–water partition coefficient (Wildman–Crippen LogP) is 1.11. The average Bonchev–Trinajstić information content (AvgIpc) is 2.16. The van der Waals surface area contributed by atoms with Crippen molar-refractivity contribution in [2.45, 2.75) is 45.8 Å². The maximum Gasteiger partial charge on any atom is 0.407 e. The molecular formula is C11H24N2O3. The van der Waals surface area contributed by atoms with Crippen LogP contribution in [0.2, 0.25) is 0 Å². The Morgan fingerprint density at radius 2 is 1.94 bits per heavy atom. The Morgan fingerprint density at radius 3 is 2.31 bits per heavy atom. The molecule has 0 aromatic rings. The van der Waals surface area contributed by atoms with Crippen molar-refractivity contribution < 1.29 is 15.0 Å². The van der Waals surface area contributed by atoms with Crippen molar-refractivity contribution in [3.8, 4) is 0 Å². The maximum atomic E-state index is 10.9. The first-order valence-electron chi connectivity index (χ1n) is 5.80. The Hall–Kier alpha value is -0.810. The number of amides is 1. The van der Waals surface area contributed by atoms with E-state index < -0.39 is 18.2 Å². The first-order chi connectivity index (χ1) is 7.38. The van der Waals surface area contributed by atoms with Crippen LogP contribution in [0.4, 0.5) is 4.79 Å². The largest absolute Gasteiger partial charge is 0.465 e. The first kappa shape index (κ1) is 15.2. The van der Waals surface area contributed by atoms with Crippen LogP contribution < -0.4 is 5.73 Å². The molecule has 5 nitrogen and oxygen atoms in total. The van der Waals surface area contributed by atoms with E-state index in [0.29, 0.717) is 13.0 Å². The molecule has 1 amide bonds. The monoisotopic (exact) mass is 232 g/mol. The summed E-state index contributed by atoms with van der Waals surface area (Å²) in [6.45, 7) is 6.49. The number of carbonyl (C=O) groups is 1. The van der Waals surface area contributed by atoms with E-state index in [0.717, 1.165) is 6.42 Å². The lowest BCUT2D eigenvalue weighted by atomic mass is 10.1. The molecule has 16 heavy (non-hydrogen) atoms. The van der Waals surface area contributed by atoms with Gasteiger partial charge >= 0.3 is 6.09 Å². The Morgan fingerprint density at radius 1 is 1.38 bits per heavy atom. The third-order valence-corrected chi connectivity index (χ3v) is 2.37. The molecule has 0 spiro atoms. The van der Waals surface area contributed by atoms with E-state index in [4.69, 9.17) is 10.8 Å². The average molecular weight is 232 g/mol. The van der Waals surface area contributed by atoms with Gasteiger partial charge in [-0.05, 0) is 12.3 Å². The predicted molar refractivity (Wildman–Crippen MR) is 63.3 cm³/mol. The summed E-state index contributed by atoms with van der Waals surface area (Å²) in [6, 6.07) is -0.505. The Bertz CT molecular complexity index is 209. The zero-order valence-electron chi connectivity index (χ0n) is 10.4. The lowest BCUT2D eigenvalue weighted by Crippen LogP contribution is -2.47. The fourth-order valence-electron chi connectivity index (χ4n) is 1.56. The van der Waals surface area contributed by atoms with Gasteiger partial charge in [0.15, 0.2) is 0 Å². The molecule has 96 valence electrons. The minimum absolute atomic E-state index is 0.189. The molecule has 5 heteroatoms. The van der Waals surface area contributed by atoms with Crippen molar-refractivity contribution in [3.63, 3.8) is 0 Å². The lowest BCUT2D eigenvalue weighted by Gasteiger charge is -2.27. The molecule has 4 N–H and O–H groups in total. The molecule has 2 atom stereocenters. The van der Waals surface area contributed by atoms with E-state index in [-0.39, 0.29) is 12.5 Å². The third kappa shape index (κ3) is 5.92. The Labute approximate surface area is 97.2 Å². The highest BCUT2D eigenvalue weighted by Crippen LogP contribution is 2.05. The number of aliphatic hydroxyl groups excluding tert-OH is 1. The van der Waals surface area contributed by atoms with Gasteiger partial charge in [0.25, 0.3) is 0 Å². The summed E-state index contributed by atoms with van der Waals surface area (Å²) in [4.78, 5) is 12.2. The molecule has 0 saturated carbocycles. The van der Waals surface area contributed by atoms with E-state index in [1.807, 2.05) is 20.8 Å². The molecule has 0 aromatic carbocycles. The fourth-order valence-corrected chi connectivity index (χ4v) is 1.56. The summed E-state index contributed by atoms with van der Waals surface area (Å²) in [5.41, 5.74) is 5.76. The van der Waals surface area contributed by atoms with Crippen molar-refractivity contribution in [2.24, 2.45) is 11.7 Å². The molecule has 0 unspecified atom stereocenters. The van der Waals surface area contributed by atoms with Crippen molar-refractivity contribution in [2.75, 3.05) is 13.1 Å². The van der Waals surface area contributed by atoms with Crippen LogP contribution in [0.15, 0.2) is 0 Å². The van der Waals surface area contributed by atoms with Gasteiger partial charge < -0.3 is 20.8 Å². The van der Waals surface area contributed by atoms with Crippen LogP contribution in [0.3, 0.4) is 0 Å². The Balaban J connectivity index is 4.22. The number of aliphatic hydroxyl groups is 1. The van der Waals surface area contributed by atoms with E-state index in [1.165, 1.54) is 4.90 Å². The van der Waals surface area contributed by atoms with Gasteiger partial charge in [-0.2, -0.15) is 0 Å². The van der Waals surface area contributed by atoms with Crippen LogP contribution in [-0.4, -0.2) is 46.4 Å². The van der Waals surface area contributed by atoms with E-state index in [2.05, 4.69) is 0 Å². The standard InChI is InChI=1S/C11H24N2O3/c1-4-5-10(14)9(12)7-13(11(15)16)6-8(2)3/h8-10,14H,4-7,12H2,1-3H3,(H,15,16)/t9-,10-/m0/s1. The molecular weight excluding hydrogens is 208 g/mol. The highest BCUT2D eigenvalue weighted by molar-refractivity contribution is 5.65. The fraction of sp³-hybridized carbons (Fsp3) is 0.909. The molecule has 0 aliphatic rings. The zero-order chi connectivity index (χ0) is 12.7. The minimum atomic E-state index is -0.979. The summed E-state index contributed by atoms with van der Waals surface area (Å²) in [5, 5.41) is 18.6. The summed E-state index contributed by atoms with van der Waals surface area (Å²) in [6.07, 6.45) is -0.158. The molecule has 0 bridgehead atoms. The van der Waals surface area contributed by atoms with E-state index >= 15 is 0 Å². The van der Waals surface area contributed by atoms with Crippen molar-refractivity contribution in [1.82, 2.24) is 4.90 Å². The number of nitrogens with zero attached hydrogens (tertiary/aromatic N) is 1. The topological polar surface area (TPSA) is 86.8 Å². The summed E-state index contributed by atoms with van der Waals surface area (Å²) >= 11 is 0. The van der Waals surface area contributed by atoms with Crippen LogP contribution in [0.1, 0.15) is 33.6 Å². The number of hydrogen-bond acceptors (Lipinski definition) is 3. The van der Waals surface area contributed by atoms with Gasteiger partial charge in [-0.15, -0.1) is 0 Å². The molecule has 0 aliphatic heterocycles. The molecule has 0 saturated heterocycles. The third-order valence-electron chi connectivity index (χ3n) is 2.37. The smallest absolute Gasteiger partial charge is 0.407 e. The van der Waals surface area contributed by atoms with Gasteiger partial charge in [0.2, 0.25) is 0 Å². The van der Waals surface area contributed by atoms with Crippen LogP contribution in [0.5, 0.6) is 0 Å². The number of rotatable bonds is 7. The van der Waals surface area contributed by atoms with Crippen molar-refractivity contribution in [1.29, 1.82) is 0 Å². The second kappa shape index (κ2) is 7.46. The number of nitrogens with two attached hydrogens (primary N) is 1.